The quantitative estimate of drug-likeness (QED) is 0.0889. The number of nitrogens with two attached hydrogens (primary N) is 3. The maximum absolute atomic E-state index is 9.63. The second-order valence-electron chi connectivity index (χ2n) is 6.97. The lowest BCUT2D eigenvalue weighted by atomic mass is 10.1. The Kier molecular flexibility index (Phi) is 20.3. The predicted molar refractivity (Wildman–Crippen MR) is 137 cm³/mol. The van der Waals surface area contributed by atoms with Gasteiger partial charge < -0.3 is 50.1 Å². The van der Waals surface area contributed by atoms with E-state index in [1.165, 1.54) is 32.1 Å². The van der Waals surface area contributed by atoms with E-state index in [2.05, 4.69) is 26.2 Å². The highest BCUT2D eigenvalue weighted by Crippen LogP contribution is 2.53. The number of aromatic nitrogens is 3. The fraction of sp³-hybridized carbons (Fsp3) is 0.824. The summed E-state index contributed by atoms with van der Waals surface area (Å²) < 4.78 is 39.7. The van der Waals surface area contributed by atoms with Gasteiger partial charge in [-0.1, -0.05) is 39.0 Å². The van der Waals surface area contributed by atoms with Crippen LogP contribution in [0.2, 0.25) is 6.04 Å². The summed E-state index contributed by atoms with van der Waals surface area (Å²) in [5, 5.41) is 0. The summed E-state index contributed by atoms with van der Waals surface area (Å²) >= 11 is 0. The molecule has 0 amide bonds. The molecule has 214 valence electrons. The minimum atomic E-state index is -5.05. The lowest BCUT2D eigenvalue weighted by Crippen LogP contribution is -2.45. The first-order valence-electron chi connectivity index (χ1n) is 11.4. The molecule has 0 radical (unpaired) electrons. The molecule has 0 saturated heterocycles. The van der Waals surface area contributed by atoms with Gasteiger partial charge >= 0.3 is 24.4 Å². The molecule has 36 heavy (non-hydrogen) atoms. The lowest BCUT2D eigenvalue weighted by Gasteiger charge is -2.28. The maximum Gasteiger partial charge on any atom is 0.500 e. The normalized spacial score (nSPS) is 11.8. The Morgan fingerprint density at radius 2 is 1.00 bits per heavy atom. The van der Waals surface area contributed by atoms with Crippen molar-refractivity contribution in [2.45, 2.75) is 72.3 Å². The summed E-state index contributed by atoms with van der Waals surface area (Å²) in [4.78, 5) is 41.5. The van der Waals surface area contributed by atoms with Crippen LogP contribution in [0.25, 0.3) is 0 Å². The number of hydrogen-bond donors (Lipinski definition) is 7. The van der Waals surface area contributed by atoms with Crippen molar-refractivity contribution in [1.82, 2.24) is 15.0 Å². The molecule has 1 heterocycles. The van der Waals surface area contributed by atoms with Crippen molar-refractivity contribution in [3.05, 3.63) is 0 Å². The molecule has 0 aliphatic carbocycles. The third kappa shape index (κ3) is 23.2. The van der Waals surface area contributed by atoms with Crippen LogP contribution < -0.4 is 17.2 Å². The molecule has 16 nitrogen and oxygen atoms in total. The first-order valence-corrected chi connectivity index (χ1v) is 16.4. The smallest absolute Gasteiger partial charge is 0.374 e. The molecule has 0 aromatic carbocycles. The van der Waals surface area contributed by atoms with Gasteiger partial charge in [-0.15, -0.1) is 0 Å². The van der Waals surface area contributed by atoms with Gasteiger partial charge in [-0.2, -0.15) is 19.3 Å². The largest absolute Gasteiger partial charge is 0.500 e. The van der Waals surface area contributed by atoms with Crippen LogP contribution in [0.1, 0.15) is 66.2 Å². The fourth-order valence-corrected chi connectivity index (χ4v) is 6.48. The zero-order chi connectivity index (χ0) is 28.3. The molecule has 1 aromatic heterocycles. The van der Waals surface area contributed by atoms with Crippen molar-refractivity contribution in [2.75, 3.05) is 37.0 Å². The SMILES string of the molecule is CCCCCCCC[Si](OCC)(OCC)OCC.Nc1nc(N)nc(N)n1.O=P(O)(O)OP(=O)(O)O. The van der Waals surface area contributed by atoms with E-state index in [0.717, 1.165) is 12.5 Å². The molecule has 1 aromatic rings. The van der Waals surface area contributed by atoms with E-state index in [0.29, 0.717) is 19.8 Å². The highest BCUT2D eigenvalue weighted by Gasteiger charge is 2.39. The minimum Gasteiger partial charge on any atom is -0.374 e. The number of nitrogen functional groups attached to an aromatic ring is 3. The van der Waals surface area contributed by atoms with Gasteiger partial charge in [-0.05, 0) is 27.2 Å². The molecule has 19 heteroatoms. The lowest BCUT2D eigenvalue weighted by molar-refractivity contribution is 0.0706. The first-order chi connectivity index (χ1) is 16.6. The van der Waals surface area contributed by atoms with E-state index in [1.54, 1.807) is 0 Å². The first kappa shape index (κ1) is 36.9. The summed E-state index contributed by atoms with van der Waals surface area (Å²) in [7, 11) is -12.5. The third-order valence-electron chi connectivity index (χ3n) is 3.83. The van der Waals surface area contributed by atoms with Gasteiger partial charge in [0.1, 0.15) is 0 Å². The summed E-state index contributed by atoms with van der Waals surface area (Å²) in [5.41, 5.74) is 15.4. The van der Waals surface area contributed by atoms with Crippen LogP contribution in [0, 0.1) is 0 Å². The Labute approximate surface area is 213 Å². The predicted octanol–water partition coefficient (Wildman–Crippen LogP) is 2.20. The van der Waals surface area contributed by atoms with Gasteiger partial charge in [0.05, 0.1) is 0 Å². The second kappa shape index (κ2) is 19.8. The number of hydrogen-bond acceptors (Lipinski definition) is 12. The van der Waals surface area contributed by atoms with Crippen LogP contribution >= 0.6 is 15.6 Å². The molecule has 0 aliphatic rings. The van der Waals surface area contributed by atoms with E-state index in [9.17, 15) is 9.13 Å². The molecule has 0 saturated carbocycles. The topological polar surface area (TPSA) is 269 Å². The zero-order valence-corrected chi connectivity index (χ0v) is 24.1. The van der Waals surface area contributed by atoms with Crippen molar-refractivity contribution in [3.8, 4) is 0 Å². The van der Waals surface area contributed by atoms with Gasteiger partial charge in [0.15, 0.2) is 0 Å². The highest BCUT2D eigenvalue weighted by atomic mass is 31.3. The average molecular weight is 581 g/mol. The Morgan fingerprint density at radius 3 is 1.28 bits per heavy atom. The van der Waals surface area contributed by atoms with Gasteiger partial charge in [0.2, 0.25) is 17.8 Å². The monoisotopic (exact) mass is 580 g/mol. The zero-order valence-electron chi connectivity index (χ0n) is 21.3. The Hall–Kier alpha value is -1.23. The molecule has 0 fully saturated rings. The van der Waals surface area contributed by atoms with Gasteiger partial charge in [0, 0.05) is 25.9 Å². The van der Waals surface area contributed by atoms with Crippen LogP contribution in [0.3, 0.4) is 0 Å². The molecule has 0 atom stereocenters. The molecule has 0 aliphatic heterocycles. The van der Waals surface area contributed by atoms with E-state index >= 15 is 0 Å². The number of rotatable bonds is 15. The molecular formula is C17H42N6O10P2Si. The number of anilines is 3. The van der Waals surface area contributed by atoms with Crippen LogP contribution in [0.4, 0.5) is 17.8 Å². The van der Waals surface area contributed by atoms with Crippen molar-refractivity contribution < 1.29 is 46.3 Å². The average Bonchev–Trinajstić information content (AvgIpc) is 2.68. The van der Waals surface area contributed by atoms with E-state index in [-0.39, 0.29) is 17.8 Å². The van der Waals surface area contributed by atoms with Gasteiger partial charge in [-0.3, -0.25) is 0 Å². The van der Waals surface area contributed by atoms with E-state index < -0.39 is 24.4 Å². The van der Waals surface area contributed by atoms with Crippen molar-refractivity contribution in [1.29, 1.82) is 0 Å². The maximum atomic E-state index is 9.63. The molecule has 1 rings (SSSR count). The molecule has 0 bridgehead atoms. The Bertz CT molecular complexity index is 714. The Balaban J connectivity index is 0. The van der Waals surface area contributed by atoms with Crippen LogP contribution in [-0.4, -0.2) is 63.2 Å². The van der Waals surface area contributed by atoms with Crippen LogP contribution in [-0.2, 0) is 26.7 Å². The molecule has 0 spiro atoms. The van der Waals surface area contributed by atoms with E-state index in [4.69, 9.17) is 50.1 Å². The molecule has 0 unspecified atom stereocenters. The number of phosphoric acid groups is 2. The van der Waals surface area contributed by atoms with Gasteiger partial charge in [0.25, 0.3) is 0 Å². The second-order valence-corrected chi connectivity index (χ2v) is 12.3. The standard InChI is InChI=1S/C14H32O3Si.C3H6N6.H4O7P2/c1-5-9-10-11-12-13-14-18(15-6-2,16-7-3)17-8-4;4-1-7-2(5)9-3(6)8-1;1-8(2,3)7-9(4,5)6/h5-14H2,1-4H3;(H6,4,5,6,7,8,9);(H2,1,2,3)(H2,4,5,6). The fourth-order valence-electron chi connectivity index (χ4n) is 2.69. The number of nitrogens with zero attached hydrogens (tertiary/aromatic N) is 3. The summed E-state index contributed by atoms with van der Waals surface area (Å²) in [6, 6.07) is 0.967. The third-order valence-corrected chi connectivity index (χ3v) is 8.68. The van der Waals surface area contributed by atoms with E-state index in [1.807, 2.05) is 20.8 Å². The molecular weight excluding hydrogens is 538 g/mol. The molecule has 10 N–H and O–H groups in total. The number of unbranched alkanes of at least 4 members (excludes halogenated alkanes) is 5. The summed E-state index contributed by atoms with van der Waals surface area (Å²) in [5.74, 6) is 0.125. The van der Waals surface area contributed by atoms with Crippen LogP contribution in [0.15, 0.2) is 0 Å². The summed E-state index contributed by atoms with van der Waals surface area (Å²) in [6.45, 7) is 10.3. The minimum absolute atomic E-state index is 0.0417. The Morgan fingerprint density at radius 1 is 0.667 bits per heavy atom. The van der Waals surface area contributed by atoms with Crippen LogP contribution in [0.5, 0.6) is 0 Å². The van der Waals surface area contributed by atoms with Crippen molar-refractivity contribution in [2.24, 2.45) is 0 Å². The van der Waals surface area contributed by atoms with Crippen molar-refractivity contribution >= 4 is 42.3 Å². The summed E-state index contributed by atoms with van der Waals surface area (Å²) in [6.07, 6.45) is 7.75. The van der Waals surface area contributed by atoms with Crippen molar-refractivity contribution in [3.63, 3.8) is 0 Å². The highest BCUT2D eigenvalue weighted by molar-refractivity contribution is 7.60. The van der Waals surface area contributed by atoms with Gasteiger partial charge in [-0.25, -0.2) is 9.13 Å².